The van der Waals surface area contributed by atoms with Crippen LogP contribution < -0.4 is 4.72 Å². The molecule has 6 heteroatoms. The van der Waals surface area contributed by atoms with Crippen molar-refractivity contribution in [3.05, 3.63) is 72.4 Å². The van der Waals surface area contributed by atoms with Crippen LogP contribution in [0.5, 0.6) is 0 Å². The summed E-state index contributed by atoms with van der Waals surface area (Å²) >= 11 is 0. The fraction of sp³-hybridized carbons (Fsp3) is 0. The van der Waals surface area contributed by atoms with E-state index in [1.807, 2.05) is 24.3 Å². The quantitative estimate of drug-likeness (QED) is 0.547. The fourth-order valence-corrected chi connectivity index (χ4v) is 4.03. The highest BCUT2D eigenvalue weighted by Crippen LogP contribution is 2.28. The monoisotopic (exact) mass is 350 g/mol. The van der Waals surface area contributed by atoms with Crippen LogP contribution in [0.25, 0.3) is 21.7 Å². The van der Waals surface area contributed by atoms with Gasteiger partial charge in [0, 0.05) is 22.7 Å². The van der Waals surface area contributed by atoms with Crippen molar-refractivity contribution in [3.8, 4) is 0 Å². The zero-order valence-corrected chi connectivity index (χ0v) is 13.9. The molecule has 4 rings (SSSR count). The van der Waals surface area contributed by atoms with Crippen molar-refractivity contribution in [2.24, 2.45) is 0 Å². The molecule has 0 aliphatic heterocycles. The van der Waals surface area contributed by atoms with Gasteiger partial charge in [-0.2, -0.15) is 0 Å². The van der Waals surface area contributed by atoms with Gasteiger partial charge in [0.25, 0.3) is 10.0 Å². The van der Waals surface area contributed by atoms with Crippen LogP contribution in [0.1, 0.15) is 10.4 Å². The molecule has 124 valence electrons. The topological polar surface area (TPSA) is 79.0 Å². The number of benzene rings is 3. The minimum Gasteiger partial charge on any atom is -0.360 e. The van der Waals surface area contributed by atoms with Gasteiger partial charge in [-0.15, -0.1) is 0 Å². The van der Waals surface area contributed by atoms with Crippen LogP contribution in [-0.2, 0) is 10.0 Å². The Bertz CT molecular complexity index is 1210. The maximum Gasteiger partial charge on any atom is 0.261 e. The van der Waals surface area contributed by atoms with Crippen LogP contribution >= 0.6 is 0 Å². The normalized spacial score (nSPS) is 11.7. The molecule has 0 aliphatic rings. The third-order valence-electron chi connectivity index (χ3n) is 4.14. The van der Waals surface area contributed by atoms with Gasteiger partial charge < -0.3 is 4.98 Å². The van der Waals surface area contributed by atoms with Crippen LogP contribution in [-0.4, -0.2) is 19.7 Å². The Morgan fingerprint density at radius 3 is 2.52 bits per heavy atom. The predicted octanol–water partition coefficient (Wildman–Crippen LogP) is 3.93. The summed E-state index contributed by atoms with van der Waals surface area (Å²) in [6.45, 7) is 0. The first-order valence-electron chi connectivity index (χ1n) is 7.65. The molecule has 1 heterocycles. The third-order valence-corrected chi connectivity index (χ3v) is 5.50. The Kier molecular flexibility index (Phi) is 3.54. The lowest BCUT2D eigenvalue weighted by atomic mass is 10.1. The zero-order chi connectivity index (χ0) is 17.4. The number of hydrogen-bond donors (Lipinski definition) is 2. The van der Waals surface area contributed by atoms with E-state index in [1.165, 1.54) is 0 Å². The highest BCUT2D eigenvalue weighted by Gasteiger charge is 2.17. The van der Waals surface area contributed by atoms with Gasteiger partial charge in [0.05, 0.1) is 10.6 Å². The number of hydrogen-bond acceptors (Lipinski definition) is 3. The van der Waals surface area contributed by atoms with Gasteiger partial charge in [0.1, 0.15) is 0 Å². The standard InChI is InChI=1S/C19H14N2O3S/c22-12-15-11-20-17-6-3-7-18(19(15)17)21-25(23,24)16-9-8-13-4-1-2-5-14(13)10-16/h1-12,20-21H. The molecule has 0 saturated carbocycles. The lowest BCUT2D eigenvalue weighted by Gasteiger charge is -2.10. The Morgan fingerprint density at radius 2 is 1.72 bits per heavy atom. The van der Waals surface area contributed by atoms with Gasteiger partial charge in [0.15, 0.2) is 6.29 Å². The van der Waals surface area contributed by atoms with Gasteiger partial charge in [-0.1, -0.05) is 36.4 Å². The third kappa shape index (κ3) is 2.66. The molecular formula is C19H14N2O3S. The van der Waals surface area contributed by atoms with E-state index in [4.69, 9.17) is 0 Å². The van der Waals surface area contributed by atoms with E-state index in [0.717, 1.165) is 10.8 Å². The molecule has 0 spiro atoms. The molecule has 0 aliphatic carbocycles. The van der Waals surface area contributed by atoms with Crippen molar-refractivity contribution < 1.29 is 13.2 Å². The average molecular weight is 350 g/mol. The summed E-state index contributed by atoms with van der Waals surface area (Å²) in [5.74, 6) is 0. The number of fused-ring (bicyclic) bond motifs is 2. The Labute approximate surface area is 144 Å². The number of carbonyl (C=O) groups excluding carboxylic acids is 1. The van der Waals surface area contributed by atoms with Gasteiger partial charge in [0.2, 0.25) is 0 Å². The number of aldehydes is 1. The molecule has 3 aromatic carbocycles. The van der Waals surface area contributed by atoms with Crippen molar-refractivity contribution in [2.45, 2.75) is 4.90 Å². The Morgan fingerprint density at radius 1 is 0.920 bits per heavy atom. The van der Waals surface area contributed by atoms with E-state index in [-0.39, 0.29) is 4.90 Å². The molecule has 4 aromatic rings. The summed E-state index contributed by atoms with van der Waals surface area (Å²) in [5, 5.41) is 2.37. The number of aromatic nitrogens is 1. The molecule has 0 saturated heterocycles. The summed E-state index contributed by atoms with van der Waals surface area (Å²) in [4.78, 5) is 14.4. The van der Waals surface area contributed by atoms with Crippen LogP contribution in [0.15, 0.2) is 71.8 Å². The Hall–Kier alpha value is -3.12. The number of aromatic amines is 1. The molecule has 0 bridgehead atoms. The summed E-state index contributed by atoms with van der Waals surface area (Å²) < 4.78 is 28.2. The number of carbonyl (C=O) groups is 1. The van der Waals surface area contributed by atoms with Crippen LogP contribution in [0.2, 0.25) is 0 Å². The molecule has 5 nitrogen and oxygen atoms in total. The summed E-state index contributed by atoms with van der Waals surface area (Å²) in [5.41, 5.74) is 1.47. The largest absolute Gasteiger partial charge is 0.360 e. The van der Waals surface area contributed by atoms with Crippen LogP contribution in [0.4, 0.5) is 5.69 Å². The van der Waals surface area contributed by atoms with Gasteiger partial charge in [-0.05, 0) is 35.0 Å². The summed E-state index contributed by atoms with van der Waals surface area (Å²) in [7, 11) is -3.78. The Balaban J connectivity index is 1.81. The highest BCUT2D eigenvalue weighted by atomic mass is 32.2. The maximum atomic E-state index is 12.8. The van der Waals surface area contributed by atoms with Crippen molar-refractivity contribution in [1.29, 1.82) is 0 Å². The number of rotatable bonds is 4. The molecule has 25 heavy (non-hydrogen) atoms. The molecule has 0 amide bonds. The van der Waals surface area contributed by atoms with E-state index in [9.17, 15) is 13.2 Å². The molecule has 0 fully saturated rings. The number of nitrogens with one attached hydrogen (secondary N) is 2. The smallest absolute Gasteiger partial charge is 0.261 e. The second-order valence-electron chi connectivity index (χ2n) is 5.70. The maximum absolute atomic E-state index is 12.8. The number of sulfonamides is 1. The SMILES string of the molecule is O=Cc1c[nH]c2cccc(NS(=O)(=O)c3ccc4ccccc4c3)c12. The molecule has 0 atom stereocenters. The average Bonchev–Trinajstić information content (AvgIpc) is 3.05. The van der Waals surface area contributed by atoms with Crippen LogP contribution in [0, 0.1) is 0 Å². The minimum absolute atomic E-state index is 0.173. The van der Waals surface area contributed by atoms with Crippen molar-refractivity contribution >= 4 is 43.7 Å². The van der Waals surface area contributed by atoms with Crippen molar-refractivity contribution in [3.63, 3.8) is 0 Å². The van der Waals surface area contributed by atoms with E-state index in [2.05, 4.69) is 9.71 Å². The van der Waals surface area contributed by atoms with E-state index >= 15 is 0 Å². The second kappa shape index (κ2) is 5.75. The van der Waals surface area contributed by atoms with Crippen molar-refractivity contribution in [1.82, 2.24) is 4.98 Å². The van der Waals surface area contributed by atoms with E-state index in [0.29, 0.717) is 28.4 Å². The van der Waals surface area contributed by atoms with Crippen molar-refractivity contribution in [2.75, 3.05) is 4.72 Å². The molecule has 2 N–H and O–H groups in total. The first-order valence-corrected chi connectivity index (χ1v) is 9.14. The van der Waals surface area contributed by atoms with E-state index in [1.54, 1.807) is 42.6 Å². The first kappa shape index (κ1) is 15.4. The lowest BCUT2D eigenvalue weighted by Crippen LogP contribution is -2.13. The molecular weight excluding hydrogens is 336 g/mol. The van der Waals surface area contributed by atoms with Gasteiger partial charge >= 0.3 is 0 Å². The highest BCUT2D eigenvalue weighted by molar-refractivity contribution is 7.92. The summed E-state index contributed by atoms with van der Waals surface area (Å²) in [6.07, 6.45) is 2.26. The predicted molar refractivity (Wildman–Crippen MR) is 98.4 cm³/mol. The number of anilines is 1. The molecule has 0 radical (unpaired) electrons. The summed E-state index contributed by atoms with van der Waals surface area (Å²) in [6, 6.07) is 17.7. The van der Waals surface area contributed by atoms with Gasteiger partial charge in [-0.3, -0.25) is 9.52 Å². The minimum atomic E-state index is -3.78. The van der Waals surface area contributed by atoms with Gasteiger partial charge in [-0.25, -0.2) is 8.42 Å². The lowest BCUT2D eigenvalue weighted by molar-refractivity contribution is 0.112. The molecule has 0 unspecified atom stereocenters. The molecule has 1 aromatic heterocycles. The zero-order valence-electron chi connectivity index (χ0n) is 13.1. The number of H-pyrrole nitrogens is 1. The first-order chi connectivity index (χ1) is 12.1. The van der Waals surface area contributed by atoms with Crippen LogP contribution in [0.3, 0.4) is 0 Å². The fourth-order valence-electron chi connectivity index (χ4n) is 2.93. The van der Waals surface area contributed by atoms with E-state index < -0.39 is 10.0 Å². The second-order valence-corrected chi connectivity index (χ2v) is 7.39.